The van der Waals surface area contributed by atoms with Crippen molar-refractivity contribution in [3.05, 3.63) is 172 Å². The number of benzene rings is 4. The summed E-state index contributed by atoms with van der Waals surface area (Å²) in [7, 11) is 0. The molecule has 5 aromatic rings. The van der Waals surface area contributed by atoms with E-state index >= 15 is 0 Å². The van der Waals surface area contributed by atoms with Crippen LogP contribution in [0.1, 0.15) is 62.9 Å². The number of H-pyrrole nitrogens is 1. The van der Waals surface area contributed by atoms with Gasteiger partial charge in [-0.2, -0.15) is 0 Å². The van der Waals surface area contributed by atoms with E-state index in [-0.39, 0.29) is 0 Å². The van der Waals surface area contributed by atoms with Crippen LogP contribution in [-0.4, -0.2) is 17.2 Å². The summed E-state index contributed by atoms with van der Waals surface area (Å²) in [5, 5.41) is 0. The van der Waals surface area contributed by atoms with Crippen molar-refractivity contribution in [2.24, 2.45) is 4.99 Å². The number of aromatic nitrogens is 1. The first-order valence-corrected chi connectivity index (χ1v) is 17.4. The van der Waals surface area contributed by atoms with Gasteiger partial charge in [-0.1, -0.05) is 149 Å². The lowest BCUT2D eigenvalue weighted by molar-refractivity contribution is 0.310. The van der Waals surface area contributed by atoms with Gasteiger partial charge in [0.25, 0.3) is 0 Å². The molecule has 1 aromatic heterocycles. The van der Waals surface area contributed by atoms with Crippen molar-refractivity contribution in [3.8, 4) is 11.3 Å². The van der Waals surface area contributed by atoms with E-state index in [2.05, 4.69) is 148 Å². The van der Waals surface area contributed by atoms with E-state index in [4.69, 9.17) is 14.3 Å². The number of rotatable bonds is 9. The molecule has 0 radical (unpaired) electrons. The van der Waals surface area contributed by atoms with Gasteiger partial charge in [-0.05, 0) is 53.5 Å². The molecule has 0 amide bonds. The number of hydrogen-bond donors (Lipinski definition) is 1. The molecule has 4 nitrogen and oxygen atoms in total. The highest BCUT2D eigenvalue weighted by atomic mass is 16.6. The van der Waals surface area contributed by atoms with E-state index in [1.807, 2.05) is 12.1 Å². The fourth-order valence-corrected chi connectivity index (χ4v) is 7.45. The number of allylic oxidation sites excluding steroid dienone is 3. The van der Waals surface area contributed by atoms with Crippen LogP contribution in [-0.2, 0) is 22.2 Å². The van der Waals surface area contributed by atoms with E-state index < -0.39 is 6.55 Å². The summed E-state index contributed by atoms with van der Waals surface area (Å²) in [6.45, 7) is 6.69. The van der Waals surface area contributed by atoms with Crippen molar-refractivity contribution in [1.82, 2.24) is 4.98 Å². The van der Waals surface area contributed by atoms with Crippen molar-refractivity contribution < 1.29 is 9.31 Å². The van der Waals surface area contributed by atoms with Gasteiger partial charge >= 0.3 is 6.55 Å². The molecule has 0 atom stereocenters. The van der Waals surface area contributed by atoms with Crippen LogP contribution in [0.2, 0.25) is 0 Å². The quantitative estimate of drug-likeness (QED) is 0.165. The molecular weight excluding hydrogens is 587 g/mol. The standard InChI is InChI=1S/C43H42BN2O2/c1-5-34-36(7-3)42(45-40(34)30-21-13-9-14-22-30)38-29-39(43-37(8-4)35(6-2)41(46-43)31-23-15-10-16-24-31)48-44(47-38,32-25-17-11-18-26-32)33-27-19-12-20-28-33/h9-29,45H,5-8H2,1-4H3/q-1/b43-39-. The van der Waals surface area contributed by atoms with Crippen LogP contribution in [0, 0.1) is 0 Å². The van der Waals surface area contributed by atoms with Crippen LogP contribution in [0.15, 0.2) is 155 Å². The Labute approximate surface area is 284 Å². The van der Waals surface area contributed by atoms with Gasteiger partial charge in [-0.25, -0.2) is 4.99 Å². The zero-order valence-corrected chi connectivity index (χ0v) is 28.3. The summed E-state index contributed by atoms with van der Waals surface area (Å²) in [6, 6.07) is 41.9. The second-order valence-corrected chi connectivity index (χ2v) is 12.4. The van der Waals surface area contributed by atoms with Crippen LogP contribution >= 0.6 is 0 Å². The topological polar surface area (TPSA) is 46.6 Å². The molecule has 5 heteroatoms. The fraction of sp³-hybridized carbons (Fsp3) is 0.186. The average Bonchev–Trinajstić information content (AvgIpc) is 3.74. The molecule has 2 aliphatic heterocycles. The first-order valence-electron chi connectivity index (χ1n) is 17.4. The van der Waals surface area contributed by atoms with Gasteiger partial charge in [0, 0.05) is 17.3 Å². The van der Waals surface area contributed by atoms with E-state index in [0.717, 1.165) is 76.5 Å². The summed E-state index contributed by atoms with van der Waals surface area (Å²) >= 11 is 0. The van der Waals surface area contributed by atoms with Gasteiger partial charge in [0.15, 0.2) is 0 Å². The minimum atomic E-state index is -2.20. The zero-order valence-electron chi connectivity index (χ0n) is 28.3. The SMILES string of the molecule is CCC1=C(CC)/C(=C2\C=C(c3[nH]c(-c4ccccc4)c(CC)c3CC)O[B-](c3ccccc3)(c3ccccc3)O2)N=C1c1ccccc1. The monoisotopic (exact) mass is 629 g/mol. The normalized spacial score (nSPS) is 17.1. The summed E-state index contributed by atoms with van der Waals surface area (Å²) in [4.78, 5) is 9.25. The highest BCUT2D eigenvalue weighted by molar-refractivity contribution is 6.93. The molecule has 0 saturated carbocycles. The summed E-state index contributed by atoms with van der Waals surface area (Å²) in [5.74, 6) is 1.50. The lowest BCUT2D eigenvalue weighted by Gasteiger charge is -2.48. The molecule has 0 bridgehead atoms. The van der Waals surface area contributed by atoms with E-state index in [1.165, 1.54) is 27.8 Å². The van der Waals surface area contributed by atoms with Crippen LogP contribution in [0.4, 0.5) is 0 Å². The van der Waals surface area contributed by atoms with E-state index in [0.29, 0.717) is 0 Å². The third-order valence-corrected chi connectivity index (χ3v) is 9.71. The number of nitrogens with zero attached hydrogens (tertiary/aromatic N) is 1. The molecule has 2 aliphatic rings. The maximum Gasteiger partial charge on any atom is 0.406 e. The predicted molar refractivity (Wildman–Crippen MR) is 201 cm³/mol. The molecule has 4 aromatic carbocycles. The van der Waals surface area contributed by atoms with Crippen molar-refractivity contribution >= 4 is 28.9 Å². The first-order chi connectivity index (χ1) is 23.6. The predicted octanol–water partition coefficient (Wildman–Crippen LogP) is 9.28. The highest BCUT2D eigenvalue weighted by Crippen LogP contribution is 2.41. The lowest BCUT2D eigenvalue weighted by atomic mass is 9.45. The molecule has 0 unspecified atom stereocenters. The smallest absolute Gasteiger partial charge is 0.406 e. The molecule has 240 valence electrons. The van der Waals surface area contributed by atoms with E-state index in [1.54, 1.807) is 0 Å². The molecule has 0 spiro atoms. The molecule has 0 saturated heterocycles. The third-order valence-electron chi connectivity index (χ3n) is 9.71. The largest absolute Gasteiger partial charge is 0.674 e. The van der Waals surface area contributed by atoms with Gasteiger partial charge in [0.05, 0.1) is 17.2 Å². The van der Waals surface area contributed by atoms with E-state index in [9.17, 15) is 0 Å². The third kappa shape index (κ3) is 5.43. The van der Waals surface area contributed by atoms with Crippen LogP contribution in [0.3, 0.4) is 0 Å². The number of aromatic amines is 1. The van der Waals surface area contributed by atoms with Crippen LogP contribution in [0.5, 0.6) is 0 Å². The Morgan fingerprint density at radius 3 is 1.56 bits per heavy atom. The Hall–Kier alpha value is -5.29. The Kier molecular flexibility index (Phi) is 8.77. The molecule has 7 rings (SSSR count). The minimum Gasteiger partial charge on any atom is -0.674 e. The number of hydrogen-bond acceptors (Lipinski definition) is 3. The van der Waals surface area contributed by atoms with Gasteiger partial charge in [-0.15, -0.1) is 10.9 Å². The molecule has 0 aliphatic carbocycles. The van der Waals surface area contributed by atoms with Gasteiger partial charge < -0.3 is 14.3 Å². The zero-order chi connectivity index (χ0) is 33.1. The molecule has 1 N–H and O–H groups in total. The number of aliphatic imine (C=N–C) groups is 1. The lowest BCUT2D eigenvalue weighted by Crippen LogP contribution is -2.63. The minimum absolute atomic E-state index is 0.730. The van der Waals surface area contributed by atoms with Crippen LogP contribution in [0.25, 0.3) is 17.0 Å². The average molecular weight is 630 g/mol. The maximum atomic E-state index is 7.32. The summed E-state index contributed by atoms with van der Waals surface area (Å²) < 4.78 is 14.6. The molecule has 3 heterocycles. The second kappa shape index (κ2) is 13.4. The summed E-state index contributed by atoms with van der Waals surface area (Å²) in [5.41, 5.74) is 13.3. The summed E-state index contributed by atoms with van der Waals surface area (Å²) in [6.07, 6.45) is 5.57. The number of nitrogens with one attached hydrogen (secondary N) is 1. The first kappa shape index (κ1) is 31.3. The van der Waals surface area contributed by atoms with Crippen molar-refractivity contribution in [3.63, 3.8) is 0 Å². The second-order valence-electron chi connectivity index (χ2n) is 12.4. The Morgan fingerprint density at radius 1 is 0.542 bits per heavy atom. The molecule has 48 heavy (non-hydrogen) atoms. The highest BCUT2D eigenvalue weighted by Gasteiger charge is 2.41. The van der Waals surface area contributed by atoms with Gasteiger partial charge in [0.1, 0.15) is 11.5 Å². The van der Waals surface area contributed by atoms with Gasteiger partial charge in [0.2, 0.25) is 0 Å². The van der Waals surface area contributed by atoms with Crippen LogP contribution < -0.4 is 10.9 Å². The molecular formula is C43H42BN2O2-. The van der Waals surface area contributed by atoms with Crippen molar-refractivity contribution in [1.29, 1.82) is 0 Å². The fourth-order valence-electron chi connectivity index (χ4n) is 7.45. The van der Waals surface area contributed by atoms with Crippen molar-refractivity contribution in [2.75, 3.05) is 0 Å². The van der Waals surface area contributed by atoms with Gasteiger partial charge in [-0.3, -0.25) is 0 Å². The molecule has 0 fully saturated rings. The Balaban J connectivity index is 1.53. The Bertz CT molecular complexity index is 2000. The van der Waals surface area contributed by atoms with Crippen molar-refractivity contribution in [2.45, 2.75) is 53.4 Å². The Morgan fingerprint density at radius 2 is 1.04 bits per heavy atom. The maximum absolute atomic E-state index is 7.32.